The van der Waals surface area contributed by atoms with E-state index in [1.165, 1.54) is 0 Å². The predicted octanol–water partition coefficient (Wildman–Crippen LogP) is 2.11. The molecule has 0 spiro atoms. The fraction of sp³-hybridized carbons (Fsp3) is 0.583. The number of aliphatic hydroxyl groups is 1. The molecule has 1 N–H and O–H groups in total. The first kappa shape index (κ1) is 12.5. The molecule has 0 fully saturated rings. The highest BCUT2D eigenvalue weighted by Gasteiger charge is 2.40. The van der Waals surface area contributed by atoms with Crippen molar-refractivity contribution in [2.24, 2.45) is 0 Å². The van der Waals surface area contributed by atoms with Crippen molar-refractivity contribution in [3.63, 3.8) is 0 Å². The molecule has 0 aliphatic carbocycles. The van der Waals surface area contributed by atoms with Crippen molar-refractivity contribution in [3.8, 4) is 0 Å². The van der Waals surface area contributed by atoms with E-state index in [2.05, 4.69) is 4.98 Å². The summed E-state index contributed by atoms with van der Waals surface area (Å²) in [6.45, 7) is 5.54. The summed E-state index contributed by atoms with van der Waals surface area (Å²) >= 11 is 1.59. The average Bonchev–Trinajstić information content (AvgIpc) is 2.76. The van der Waals surface area contributed by atoms with Crippen LogP contribution < -0.4 is 0 Å². The van der Waals surface area contributed by atoms with Crippen LogP contribution in [0.4, 0.5) is 0 Å². The van der Waals surface area contributed by atoms with E-state index < -0.39 is 11.2 Å². The zero-order valence-electron chi connectivity index (χ0n) is 10.6. The Labute approximate surface area is 105 Å². The summed E-state index contributed by atoms with van der Waals surface area (Å²) in [5.74, 6) is 0. The maximum atomic E-state index is 10.5. The van der Waals surface area contributed by atoms with Gasteiger partial charge in [-0.3, -0.25) is 4.40 Å². The lowest BCUT2D eigenvalue weighted by Gasteiger charge is -2.38. The Bertz CT molecular complexity index is 485. The molecular formula is C12H18N2O2S. The molecule has 1 unspecified atom stereocenters. The molecule has 0 aliphatic rings. The maximum Gasteiger partial charge on any atom is 0.193 e. The second-order valence-electron chi connectivity index (χ2n) is 4.99. The zero-order chi connectivity index (χ0) is 12.7. The Morgan fingerprint density at radius 3 is 2.76 bits per heavy atom. The van der Waals surface area contributed by atoms with Crippen molar-refractivity contribution in [2.75, 3.05) is 7.11 Å². The van der Waals surface area contributed by atoms with Gasteiger partial charge >= 0.3 is 0 Å². The van der Waals surface area contributed by atoms with Crippen molar-refractivity contribution in [2.45, 2.75) is 38.4 Å². The Kier molecular flexibility index (Phi) is 3.01. The third-order valence-corrected chi connectivity index (χ3v) is 4.25. The molecule has 0 bridgehead atoms. The van der Waals surface area contributed by atoms with Crippen LogP contribution in [0.25, 0.3) is 4.96 Å². The van der Waals surface area contributed by atoms with Crippen LogP contribution in [-0.4, -0.2) is 32.8 Å². The Morgan fingerprint density at radius 2 is 2.18 bits per heavy atom. The summed E-state index contributed by atoms with van der Waals surface area (Å²) in [5, 5.41) is 12.5. The van der Waals surface area contributed by atoms with Gasteiger partial charge in [0, 0.05) is 31.3 Å². The first-order chi connectivity index (χ1) is 7.86. The van der Waals surface area contributed by atoms with Gasteiger partial charge in [0.1, 0.15) is 0 Å². The van der Waals surface area contributed by atoms with E-state index in [0.717, 1.165) is 10.7 Å². The highest BCUT2D eigenvalue weighted by atomic mass is 32.1. The van der Waals surface area contributed by atoms with Gasteiger partial charge in [0.05, 0.1) is 16.9 Å². The zero-order valence-corrected chi connectivity index (χ0v) is 11.4. The maximum absolute atomic E-state index is 10.5. The number of hydrogen-bond donors (Lipinski definition) is 1. The average molecular weight is 254 g/mol. The molecule has 17 heavy (non-hydrogen) atoms. The normalized spacial score (nSPS) is 16.3. The number of ether oxygens (including phenoxy) is 1. The van der Waals surface area contributed by atoms with Gasteiger partial charge in [-0.05, 0) is 20.8 Å². The SMILES string of the molecule is COC(C)(C)C(C)(O)Cc1cn2ccsc2n1. The van der Waals surface area contributed by atoms with Gasteiger partial charge < -0.3 is 9.84 Å². The molecule has 2 aromatic rings. The first-order valence-corrected chi connectivity index (χ1v) is 6.42. The number of methoxy groups -OCH3 is 1. The predicted molar refractivity (Wildman–Crippen MR) is 68.5 cm³/mol. The molecule has 1 atom stereocenters. The number of thiazole rings is 1. The lowest BCUT2D eigenvalue weighted by atomic mass is 9.84. The van der Waals surface area contributed by atoms with E-state index in [4.69, 9.17) is 4.74 Å². The molecule has 4 nitrogen and oxygen atoms in total. The van der Waals surface area contributed by atoms with Crippen LogP contribution in [0.2, 0.25) is 0 Å². The standard InChI is InChI=1S/C12H18N2O2S/c1-11(2,16-4)12(3,15)7-9-8-14-5-6-17-10(14)13-9/h5-6,8,15H,7H2,1-4H3. The Balaban J connectivity index is 2.23. The molecule has 5 heteroatoms. The van der Waals surface area contributed by atoms with Crippen LogP contribution in [0.15, 0.2) is 17.8 Å². The fourth-order valence-electron chi connectivity index (χ4n) is 1.65. The summed E-state index contributed by atoms with van der Waals surface area (Å²) in [4.78, 5) is 5.42. The van der Waals surface area contributed by atoms with Crippen LogP contribution in [0.1, 0.15) is 26.5 Å². The highest BCUT2D eigenvalue weighted by Crippen LogP contribution is 2.28. The van der Waals surface area contributed by atoms with Crippen molar-refractivity contribution in [1.82, 2.24) is 9.38 Å². The molecule has 2 rings (SSSR count). The van der Waals surface area contributed by atoms with Gasteiger partial charge in [0.2, 0.25) is 0 Å². The van der Waals surface area contributed by atoms with Gasteiger partial charge in [0.15, 0.2) is 4.96 Å². The lowest BCUT2D eigenvalue weighted by Crippen LogP contribution is -2.50. The van der Waals surface area contributed by atoms with Gasteiger partial charge in [-0.25, -0.2) is 4.98 Å². The van der Waals surface area contributed by atoms with E-state index >= 15 is 0 Å². The largest absolute Gasteiger partial charge is 0.387 e. The van der Waals surface area contributed by atoms with E-state index in [-0.39, 0.29) is 0 Å². The minimum absolute atomic E-state index is 0.474. The molecule has 0 aliphatic heterocycles. The summed E-state index contributed by atoms with van der Waals surface area (Å²) in [5.41, 5.74) is -0.678. The number of fused-ring (bicyclic) bond motifs is 1. The molecule has 94 valence electrons. The highest BCUT2D eigenvalue weighted by molar-refractivity contribution is 7.15. The third-order valence-electron chi connectivity index (χ3n) is 3.48. The van der Waals surface area contributed by atoms with Gasteiger partial charge in [-0.15, -0.1) is 11.3 Å². The van der Waals surface area contributed by atoms with Crippen LogP contribution in [0, 0.1) is 0 Å². The minimum Gasteiger partial charge on any atom is -0.387 e. The summed E-state index contributed by atoms with van der Waals surface area (Å²) in [7, 11) is 1.61. The summed E-state index contributed by atoms with van der Waals surface area (Å²) in [6, 6.07) is 0. The molecule has 0 aromatic carbocycles. The Hall–Kier alpha value is -0.910. The van der Waals surface area contributed by atoms with E-state index in [9.17, 15) is 5.11 Å². The van der Waals surface area contributed by atoms with E-state index in [1.807, 2.05) is 36.0 Å². The molecule has 0 saturated carbocycles. The number of hydrogen-bond acceptors (Lipinski definition) is 4. The fourth-order valence-corrected chi connectivity index (χ4v) is 2.37. The van der Waals surface area contributed by atoms with Crippen molar-refractivity contribution >= 4 is 16.3 Å². The summed E-state index contributed by atoms with van der Waals surface area (Å²) < 4.78 is 7.32. The topological polar surface area (TPSA) is 46.8 Å². The first-order valence-electron chi connectivity index (χ1n) is 5.54. The third kappa shape index (κ3) is 2.22. The lowest BCUT2D eigenvalue weighted by molar-refractivity contribution is -0.139. The molecule has 2 heterocycles. The smallest absolute Gasteiger partial charge is 0.193 e. The second-order valence-corrected chi connectivity index (χ2v) is 5.86. The molecule has 0 amide bonds. The number of nitrogens with zero attached hydrogens (tertiary/aromatic N) is 2. The molecule has 0 saturated heterocycles. The van der Waals surface area contributed by atoms with Crippen molar-refractivity contribution in [1.29, 1.82) is 0 Å². The summed E-state index contributed by atoms with van der Waals surface area (Å²) in [6.07, 6.45) is 4.39. The van der Waals surface area contributed by atoms with Crippen LogP contribution in [-0.2, 0) is 11.2 Å². The van der Waals surface area contributed by atoms with Crippen molar-refractivity contribution < 1.29 is 9.84 Å². The van der Waals surface area contributed by atoms with Crippen LogP contribution >= 0.6 is 11.3 Å². The molecule has 0 radical (unpaired) electrons. The quantitative estimate of drug-likeness (QED) is 0.909. The van der Waals surface area contributed by atoms with Crippen LogP contribution in [0.5, 0.6) is 0 Å². The van der Waals surface area contributed by atoms with Crippen LogP contribution in [0.3, 0.4) is 0 Å². The number of imidazole rings is 1. The van der Waals surface area contributed by atoms with E-state index in [1.54, 1.807) is 25.4 Å². The number of rotatable bonds is 4. The monoisotopic (exact) mass is 254 g/mol. The van der Waals surface area contributed by atoms with Crippen molar-refractivity contribution in [3.05, 3.63) is 23.5 Å². The molecule has 2 aromatic heterocycles. The van der Waals surface area contributed by atoms with Gasteiger partial charge in [-0.2, -0.15) is 0 Å². The minimum atomic E-state index is -0.953. The number of aromatic nitrogens is 2. The van der Waals surface area contributed by atoms with E-state index in [0.29, 0.717) is 6.42 Å². The molecular weight excluding hydrogens is 236 g/mol. The van der Waals surface area contributed by atoms with Gasteiger partial charge in [-0.1, -0.05) is 0 Å². The van der Waals surface area contributed by atoms with Gasteiger partial charge in [0.25, 0.3) is 0 Å². The second kappa shape index (κ2) is 4.08. The Morgan fingerprint density at radius 1 is 1.47 bits per heavy atom.